The first kappa shape index (κ1) is 13.3. The molecule has 2 N–H and O–H groups in total. The lowest BCUT2D eigenvalue weighted by Gasteiger charge is -2.11. The largest absolute Gasteiger partial charge is 0.370 e. The van der Waals surface area contributed by atoms with Gasteiger partial charge >= 0.3 is 0 Å². The van der Waals surface area contributed by atoms with E-state index in [9.17, 15) is 0 Å². The van der Waals surface area contributed by atoms with Crippen LogP contribution in [0.2, 0.25) is 0 Å². The van der Waals surface area contributed by atoms with Crippen LogP contribution in [0.25, 0.3) is 0 Å². The molecule has 0 aliphatic rings. The molecule has 19 heavy (non-hydrogen) atoms. The molecule has 0 radical (unpaired) electrons. The second kappa shape index (κ2) is 6.18. The van der Waals surface area contributed by atoms with E-state index in [0.717, 1.165) is 24.5 Å². The number of nitrogens with one attached hydrogen (secondary N) is 2. The third-order valence-electron chi connectivity index (χ3n) is 3.06. The van der Waals surface area contributed by atoms with Gasteiger partial charge in [0, 0.05) is 18.4 Å². The Labute approximate surface area is 114 Å². The number of aryl methyl sites for hydroxylation is 1. The molecule has 0 spiro atoms. The Morgan fingerprint density at radius 3 is 2.79 bits per heavy atom. The fourth-order valence-corrected chi connectivity index (χ4v) is 1.78. The molecule has 0 fully saturated rings. The zero-order valence-electron chi connectivity index (χ0n) is 11.7. The summed E-state index contributed by atoms with van der Waals surface area (Å²) in [5.41, 5.74) is 3.52. The molecule has 2 aromatic rings. The van der Waals surface area contributed by atoms with Gasteiger partial charge in [-0.15, -0.1) is 0 Å². The van der Waals surface area contributed by atoms with Gasteiger partial charge in [-0.3, -0.25) is 0 Å². The van der Waals surface area contributed by atoms with E-state index in [1.54, 1.807) is 6.20 Å². The summed E-state index contributed by atoms with van der Waals surface area (Å²) in [5, 5.41) is 6.52. The Hall–Kier alpha value is -2.10. The molecule has 0 atom stereocenters. The summed E-state index contributed by atoms with van der Waals surface area (Å²) in [6, 6.07) is 8.05. The van der Waals surface area contributed by atoms with Gasteiger partial charge in [-0.05, 0) is 43.5 Å². The molecule has 0 aliphatic carbocycles. The van der Waals surface area contributed by atoms with Crippen molar-refractivity contribution in [1.29, 1.82) is 0 Å². The lowest BCUT2D eigenvalue weighted by Crippen LogP contribution is -2.05. The summed E-state index contributed by atoms with van der Waals surface area (Å²) < 4.78 is 0. The number of hydrogen-bond donors (Lipinski definition) is 2. The van der Waals surface area contributed by atoms with Crippen LogP contribution in [0.15, 0.2) is 30.5 Å². The highest BCUT2D eigenvalue weighted by Crippen LogP contribution is 2.21. The maximum absolute atomic E-state index is 4.44. The third kappa shape index (κ3) is 3.44. The zero-order valence-corrected chi connectivity index (χ0v) is 11.7. The summed E-state index contributed by atoms with van der Waals surface area (Å²) in [7, 11) is 0. The molecule has 4 nitrogen and oxygen atoms in total. The number of anilines is 3. The molecule has 1 heterocycles. The number of benzene rings is 1. The summed E-state index contributed by atoms with van der Waals surface area (Å²) >= 11 is 0. The Morgan fingerprint density at radius 1 is 1.16 bits per heavy atom. The second-order valence-electron chi connectivity index (χ2n) is 4.56. The molecular formula is C15H20N4. The molecule has 0 amide bonds. The third-order valence-corrected chi connectivity index (χ3v) is 3.06. The van der Waals surface area contributed by atoms with Gasteiger partial charge in [0.25, 0.3) is 0 Å². The van der Waals surface area contributed by atoms with Crippen LogP contribution in [0.5, 0.6) is 0 Å². The van der Waals surface area contributed by atoms with Gasteiger partial charge < -0.3 is 10.6 Å². The van der Waals surface area contributed by atoms with E-state index in [1.165, 1.54) is 11.1 Å². The molecule has 2 rings (SSSR count). The van der Waals surface area contributed by atoms with Gasteiger partial charge in [0.05, 0.1) is 0 Å². The van der Waals surface area contributed by atoms with E-state index in [1.807, 2.05) is 18.2 Å². The van der Waals surface area contributed by atoms with Crippen molar-refractivity contribution in [2.75, 3.05) is 17.2 Å². The summed E-state index contributed by atoms with van der Waals surface area (Å²) in [6.07, 6.45) is 2.84. The highest BCUT2D eigenvalue weighted by molar-refractivity contribution is 5.60. The average Bonchev–Trinajstić information content (AvgIpc) is 2.42. The Morgan fingerprint density at radius 2 is 2.00 bits per heavy atom. The molecule has 1 aromatic carbocycles. The zero-order chi connectivity index (χ0) is 13.7. The van der Waals surface area contributed by atoms with Crippen LogP contribution >= 0.6 is 0 Å². The Bertz CT molecular complexity index is 552. The van der Waals surface area contributed by atoms with Gasteiger partial charge in [0.2, 0.25) is 5.95 Å². The second-order valence-corrected chi connectivity index (χ2v) is 4.56. The van der Waals surface area contributed by atoms with Crippen LogP contribution in [-0.2, 0) is 0 Å². The maximum atomic E-state index is 4.44. The summed E-state index contributed by atoms with van der Waals surface area (Å²) in [6.45, 7) is 7.24. The predicted molar refractivity (Wildman–Crippen MR) is 80.0 cm³/mol. The minimum Gasteiger partial charge on any atom is -0.370 e. The van der Waals surface area contributed by atoms with E-state index < -0.39 is 0 Å². The minimum absolute atomic E-state index is 0.620. The van der Waals surface area contributed by atoms with E-state index in [0.29, 0.717) is 5.95 Å². The summed E-state index contributed by atoms with van der Waals surface area (Å²) in [5.74, 6) is 1.47. The first-order valence-corrected chi connectivity index (χ1v) is 6.61. The van der Waals surface area contributed by atoms with Crippen LogP contribution in [0.4, 0.5) is 17.5 Å². The van der Waals surface area contributed by atoms with Gasteiger partial charge in [0.1, 0.15) is 5.82 Å². The normalized spacial score (nSPS) is 10.3. The van der Waals surface area contributed by atoms with Crippen molar-refractivity contribution < 1.29 is 0 Å². The number of nitrogens with zero attached hydrogens (tertiary/aromatic N) is 2. The molecule has 0 aliphatic heterocycles. The Balaban J connectivity index is 2.16. The smallest absolute Gasteiger partial charge is 0.229 e. The molecule has 0 saturated carbocycles. The summed E-state index contributed by atoms with van der Waals surface area (Å²) in [4.78, 5) is 8.69. The van der Waals surface area contributed by atoms with E-state index in [4.69, 9.17) is 0 Å². The lowest BCUT2D eigenvalue weighted by molar-refractivity contribution is 0.965. The predicted octanol–water partition coefficient (Wildman–Crippen LogP) is 3.66. The molecular weight excluding hydrogens is 236 g/mol. The van der Waals surface area contributed by atoms with Crippen LogP contribution < -0.4 is 10.6 Å². The maximum Gasteiger partial charge on any atom is 0.229 e. The molecule has 1 aromatic heterocycles. The quantitative estimate of drug-likeness (QED) is 0.857. The van der Waals surface area contributed by atoms with Crippen molar-refractivity contribution in [2.24, 2.45) is 0 Å². The van der Waals surface area contributed by atoms with Crippen molar-refractivity contribution in [1.82, 2.24) is 9.97 Å². The van der Waals surface area contributed by atoms with Crippen molar-refractivity contribution in [3.8, 4) is 0 Å². The van der Waals surface area contributed by atoms with Gasteiger partial charge in [0.15, 0.2) is 0 Å². The number of rotatable bonds is 5. The van der Waals surface area contributed by atoms with Crippen molar-refractivity contribution >= 4 is 17.5 Å². The van der Waals surface area contributed by atoms with Crippen molar-refractivity contribution in [3.05, 3.63) is 41.6 Å². The van der Waals surface area contributed by atoms with Crippen LogP contribution in [0.3, 0.4) is 0 Å². The number of aromatic nitrogens is 2. The topological polar surface area (TPSA) is 49.8 Å². The average molecular weight is 256 g/mol. The van der Waals surface area contributed by atoms with Gasteiger partial charge in [-0.1, -0.05) is 19.1 Å². The molecule has 0 saturated heterocycles. The SMILES string of the molecule is CCCNc1ccnc(Nc2cccc(C)c2C)n1. The number of hydrogen-bond acceptors (Lipinski definition) is 4. The Kier molecular flexibility index (Phi) is 4.34. The molecule has 100 valence electrons. The standard InChI is InChI=1S/C15H20N4/c1-4-9-16-14-8-10-17-15(19-14)18-13-7-5-6-11(2)12(13)3/h5-8,10H,4,9H2,1-3H3,(H2,16,17,18,19). The van der Waals surface area contributed by atoms with E-state index >= 15 is 0 Å². The fourth-order valence-electron chi connectivity index (χ4n) is 1.78. The highest BCUT2D eigenvalue weighted by atomic mass is 15.1. The van der Waals surface area contributed by atoms with Gasteiger partial charge in [-0.2, -0.15) is 4.98 Å². The molecule has 0 bridgehead atoms. The fraction of sp³-hybridized carbons (Fsp3) is 0.333. The lowest BCUT2D eigenvalue weighted by atomic mass is 10.1. The monoisotopic (exact) mass is 256 g/mol. The van der Waals surface area contributed by atoms with Crippen LogP contribution in [0, 0.1) is 13.8 Å². The van der Waals surface area contributed by atoms with Gasteiger partial charge in [-0.25, -0.2) is 4.98 Å². The minimum atomic E-state index is 0.620. The molecule has 0 unspecified atom stereocenters. The van der Waals surface area contributed by atoms with E-state index in [2.05, 4.69) is 47.4 Å². The molecule has 4 heteroatoms. The first-order chi connectivity index (χ1) is 9.20. The first-order valence-electron chi connectivity index (χ1n) is 6.61. The van der Waals surface area contributed by atoms with E-state index in [-0.39, 0.29) is 0 Å². The van der Waals surface area contributed by atoms with Crippen molar-refractivity contribution in [3.63, 3.8) is 0 Å². The van der Waals surface area contributed by atoms with Crippen LogP contribution in [0.1, 0.15) is 24.5 Å². The highest BCUT2D eigenvalue weighted by Gasteiger charge is 2.03. The van der Waals surface area contributed by atoms with Crippen LogP contribution in [-0.4, -0.2) is 16.5 Å². The van der Waals surface area contributed by atoms with Crippen molar-refractivity contribution in [2.45, 2.75) is 27.2 Å².